The number of fused-ring (bicyclic) bond motifs is 1. The van der Waals surface area contributed by atoms with E-state index < -0.39 is 5.91 Å². The van der Waals surface area contributed by atoms with Gasteiger partial charge in [-0.25, -0.2) is 10.1 Å². The summed E-state index contributed by atoms with van der Waals surface area (Å²) in [5.41, 5.74) is 3.82. The molecule has 0 bridgehead atoms. The molecule has 3 aromatic carbocycles. The van der Waals surface area contributed by atoms with Gasteiger partial charge in [-0.05, 0) is 54.1 Å². The fourth-order valence-electron chi connectivity index (χ4n) is 3.23. The van der Waals surface area contributed by atoms with E-state index >= 15 is 0 Å². The van der Waals surface area contributed by atoms with Crippen LogP contribution in [0.2, 0.25) is 0 Å². The molecule has 0 saturated heterocycles. The zero-order chi connectivity index (χ0) is 22.5. The number of nitrogens with one attached hydrogen (secondary N) is 2. The Balaban J connectivity index is 1.42. The minimum absolute atomic E-state index is 0.211. The number of aromatic amines is 1. The Bertz CT molecular complexity index is 1340. The molecule has 0 spiro atoms. The van der Waals surface area contributed by atoms with Crippen molar-refractivity contribution < 1.29 is 14.3 Å². The third-order valence-electron chi connectivity index (χ3n) is 4.92. The van der Waals surface area contributed by atoms with Crippen LogP contribution in [0.1, 0.15) is 11.3 Å². The number of nitrogens with zero attached hydrogens (tertiary/aromatic N) is 2. The van der Waals surface area contributed by atoms with Gasteiger partial charge in [0.15, 0.2) is 6.61 Å². The van der Waals surface area contributed by atoms with Crippen LogP contribution in [0.15, 0.2) is 76.6 Å². The Morgan fingerprint density at radius 3 is 2.53 bits per heavy atom. The first-order valence-electron chi connectivity index (χ1n) is 9.95. The molecule has 0 aliphatic carbocycles. The van der Waals surface area contributed by atoms with E-state index in [2.05, 4.69) is 15.6 Å². The molecule has 0 unspecified atom stereocenters. The van der Waals surface area contributed by atoms with E-state index in [4.69, 9.17) is 9.47 Å². The number of carbonyl (C=O) groups is 1. The monoisotopic (exact) mass is 430 g/mol. The molecule has 8 heteroatoms. The highest BCUT2D eigenvalue weighted by Crippen LogP contribution is 2.18. The number of carbonyl (C=O) groups excluding carboxylic acids is 1. The van der Waals surface area contributed by atoms with E-state index in [0.29, 0.717) is 28.4 Å². The van der Waals surface area contributed by atoms with Gasteiger partial charge in [0.25, 0.3) is 11.5 Å². The standard InChI is InChI=1S/C24H22N4O4/c1-16-22(14-25-26-23(29)15-32-21-11-9-20(31-2)10-12-21)24(30)28(27-16)19-8-7-17-5-3-4-6-18(17)13-19/h3-14,27H,15H2,1-2H3,(H,26,29)/b25-14+. The number of hydrazone groups is 1. The molecule has 1 aromatic heterocycles. The van der Waals surface area contributed by atoms with Crippen LogP contribution in [0.3, 0.4) is 0 Å². The summed E-state index contributed by atoms with van der Waals surface area (Å²) in [5, 5.41) is 9.08. The van der Waals surface area contributed by atoms with Crippen LogP contribution < -0.4 is 20.5 Å². The van der Waals surface area contributed by atoms with Gasteiger partial charge < -0.3 is 9.47 Å². The summed E-state index contributed by atoms with van der Waals surface area (Å²) in [6.45, 7) is 1.56. The predicted octanol–water partition coefficient (Wildman–Crippen LogP) is 3.16. The number of ether oxygens (including phenoxy) is 2. The first-order valence-corrected chi connectivity index (χ1v) is 9.95. The van der Waals surface area contributed by atoms with Crippen molar-refractivity contribution in [1.29, 1.82) is 0 Å². The Hall–Kier alpha value is -4.33. The summed E-state index contributed by atoms with van der Waals surface area (Å²) in [4.78, 5) is 24.8. The molecule has 162 valence electrons. The highest BCUT2D eigenvalue weighted by molar-refractivity contribution is 5.85. The molecule has 0 aliphatic heterocycles. The third kappa shape index (κ3) is 4.54. The van der Waals surface area contributed by atoms with Crippen molar-refractivity contribution in [3.63, 3.8) is 0 Å². The van der Waals surface area contributed by atoms with Gasteiger partial charge in [-0.3, -0.25) is 14.7 Å². The zero-order valence-corrected chi connectivity index (χ0v) is 17.7. The van der Waals surface area contributed by atoms with Crippen LogP contribution in [0.5, 0.6) is 11.5 Å². The van der Waals surface area contributed by atoms with Gasteiger partial charge >= 0.3 is 0 Å². The molecule has 1 heterocycles. The lowest BCUT2D eigenvalue weighted by molar-refractivity contribution is -0.123. The molecule has 0 radical (unpaired) electrons. The van der Waals surface area contributed by atoms with E-state index in [0.717, 1.165) is 10.8 Å². The average molecular weight is 430 g/mol. The quantitative estimate of drug-likeness (QED) is 0.348. The van der Waals surface area contributed by atoms with Crippen LogP contribution in [-0.2, 0) is 4.79 Å². The summed E-state index contributed by atoms with van der Waals surface area (Å²) in [7, 11) is 1.57. The number of hydrogen-bond acceptors (Lipinski definition) is 5. The molecule has 2 N–H and O–H groups in total. The first kappa shape index (κ1) is 20.9. The molecule has 0 fully saturated rings. The van der Waals surface area contributed by atoms with Gasteiger partial charge in [0.1, 0.15) is 11.5 Å². The smallest absolute Gasteiger partial charge is 0.280 e. The summed E-state index contributed by atoms with van der Waals surface area (Å²) in [6, 6.07) is 20.6. The number of aromatic nitrogens is 2. The largest absolute Gasteiger partial charge is 0.497 e. The summed E-state index contributed by atoms with van der Waals surface area (Å²) in [6.07, 6.45) is 1.33. The van der Waals surface area contributed by atoms with Crippen molar-refractivity contribution in [1.82, 2.24) is 15.2 Å². The van der Waals surface area contributed by atoms with Crippen LogP contribution in [0.4, 0.5) is 0 Å². The normalized spacial score (nSPS) is 11.1. The second-order valence-corrected chi connectivity index (χ2v) is 7.08. The number of amides is 1. The first-order chi connectivity index (χ1) is 15.5. The van der Waals surface area contributed by atoms with Crippen LogP contribution in [-0.4, -0.2) is 35.6 Å². The molecule has 32 heavy (non-hydrogen) atoms. The van der Waals surface area contributed by atoms with Gasteiger partial charge in [0.05, 0.1) is 24.6 Å². The maximum atomic E-state index is 12.9. The number of rotatable bonds is 7. The Labute approximate surface area is 184 Å². The zero-order valence-electron chi connectivity index (χ0n) is 17.7. The van der Waals surface area contributed by atoms with Gasteiger partial charge in [-0.15, -0.1) is 0 Å². The molecule has 1 amide bonds. The maximum absolute atomic E-state index is 12.9. The van der Waals surface area contributed by atoms with E-state index in [1.165, 1.54) is 10.9 Å². The van der Waals surface area contributed by atoms with Crippen molar-refractivity contribution in [2.45, 2.75) is 6.92 Å². The number of methoxy groups -OCH3 is 1. The minimum Gasteiger partial charge on any atom is -0.497 e. The maximum Gasteiger partial charge on any atom is 0.280 e. The van der Waals surface area contributed by atoms with Crippen molar-refractivity contribution in [3.8, 4) is 17.2 Å². The fourth-order valence-corrected chi connectivity index (χ4v) is 3.23. The number of benzene rings is 3. The predicted molar refractivity (Wildman–Crippen MR) is 123 cm³/mol. The van der Waals surface area contributed by atoms with Crippen LogP contribution in [0, 0.1) is 6.92 Å². The Morgan fingerprint density at radius 2 is 1.78 bits per heavy atom. The van der Waals surface area contributed by atoms with Crippen molar-refractivity contribution in [3.05, 3.63) is 88.3 Å². The SMILES string of the molecule is COc1ccc(OCC(=O)N/N=C/c2c(C)[nH]n(-c3ccc4ccccc4c3)c2=O)cc1. The summed E-state index contributed by atoms with van der Waals surface area (Å²) in [5.74, 6) is 0.785. The average Bonchev–Trinajstić information content (AvgIpc) is 3.11. The van der Waals surface area contributed by atoms with E-state index in [9.17, 15) is 9.59 Å². The van der Waals surface area contributed by atoms with Gasteiger partial charge in [-0.2, -0.15) is 5.10 Å². The minimum atomic E-state index is -0.444. The number of hydrogen-bond donors (Lipinski definition) is 2. The topological polar surface area (TPSA) is 97.7 Å². The van der Waals surface area contributed by atoms with E-state index in [1.54, 1.807) is 38.3 Å². The lowest BCUT2D eigenvalue weighted by Gasteiger charge is -2.05. The molecule has 4 aromatic rings. The molecular formula is C24H22N4O4. The highest BCUT2D eigenvalue weighted by Gasteiger charge is 2.11. The van der Waals surface area contributed by atoms with Gasteiger partial charge in [0, 0.05) is 5.69 Å². The third-order valence-corrected chi connectivity index (χ3v) is 4.92. The molecule has 0 aliphatic rings. The second-order valence-electron chi connectivity index (χ2n) is 7.08. The van der Waals surface area contributed by atoms with E-state index in [-0.39, 0.29) is 12.2 Å². The van der Waals surface area contributed by atoms with Gasteiger partial charge in [-0.1, -0.05) is 30.3 Å². The summed E-state index contributed by atoms with van der Waals surface area (Å²) < 4.78 is 11.9. The van der Waals surface area contributed by atoms with E-state index in [1.807, 2.05) is 42.5 Å². The summed E-state index contributed by atoms with van der Waals surface area (Å²) >= 11 is 0. The molecule has 0 saturated carbocycles. The van der Waals surface area contributed by atoms with Crippen LogP contribution >= 0.6 is 0 Å². The lowest BCUT2D eigenvalue weighted by atomic mass is 10.1. The Morgan fingerprint density at radius 1 is 1.06 bits per heavy atom. The lowest BCUT2D eigenvalue weighted by Crippen LogP contribution is -2.25. The van der Waals surface area contributed by atoms with Crippen LogP contribution in [0.25, 0.3) is 16.5 Å². The molecule has 0 atom stereocenters. The van der Waals surface area contributed by atoms with Gasteiger partial charge in [0.2, 0.25) is 0 Å². The molecule has 4 rings (SSSR count). The van der Waals surface area contributed by atoms with Crippen molar-refractivity contribution in [2.75, 3.05) is 13.7 Å². The van der Waals surface area contributed by atoms with Crippen molar-refractivity contribution in [2.24, 2.45) is 5.10 Å². The van der Waals surface area contributed by atoms with Crippen molar-refractivity contribution >= 4 is 22.9 Å². The molecule has 8 nitrogen and oxygen atoms in total. The Kier molecular flexibility index (Phi) is 6.03. The fraction of sp³-hybridized carbons (Fsp3) is 0.125. The second kappa shape index (κ2) is 9.22. The number of aryl methyl sites for hydroxylation is 1. The highest BCUT2D eigenvalue weighted by atomic mass is 16.5. The number of H-pyrrole nitrogens is 1. The molecular weight excluding hydrogens is 408 g/mol.